The molecule has 6 nitrogen and oxygen atoms in total. The van der Waals surface area contributed by atoms with Crippen LogP contribution in [0.25, 0.3) is 0 Å². The van der Waals surface area contributed by atoms with Gasteiger partial charge in [0.15, 0.2) is 0 Å². The van der Waals surface area contributed by atoms with Crippen LogP contribution < -0.4 is 10.1 Å². The Bertz CT molecular complexity index is 467. The summed E-state index contributed by atoms with van der Waals surface area (Å²) in [4.78, 5) is 12.2. The molecule has 1 saturated heterocycles. The number of benzene rings is 1. The molecule has 0 aliphatic carbocycles. The lowest BCUT2D eigenvalue weighted by Crippen LogP contribution is -2.50. The molecule has 0 spiro atoms. The Hall–Kier alpha value is -1.79. The van der Waals surface area contributed by atoms with E-state index in [1.54, 1.807) is 7.11 Å². The molecule has 116 valence electrons. The molecule has 3 N–H and O–H groups in total. The highest BCUT2D eigenvalue weighted by Gasteiger charge is 2.33. The first-order chi connectivity index (χ1) is 10.0. The van der Waals surface area contributed by atoms with Crippen molar-refractivity contribution in [3.05, 3.63) is 29.8 Å². The predicted octanol–water partition coefficient (Wildman–Crippen LogP) is 1.29. The van der Waals surface area contributed by atoms with Gasteiger partial charge >= 0.3 is 6.09 Å². The van der Waals surface area contributed by atoms with E-state index in [0.29, 0.717) is 39.0 Å². The van der Waals surface area contributed by atoms with Gasteiger partial charge in [-0.25, -0.2) is 4.79 Å². The minimum Gasteiger partial charge on any atom is -0.497 e. The lowest BCUT2D eigenvalue weighted by Gasteiger charge is -2.37. The number of carboxylic acid groups (broad SMARTS) is 1. The maximum absolute atomic E-state index is 10.8. The molecule has 1 amide bonds. The van der Waals surface area contributed by atoms with Crippen molar-refractivity contribution in [2.24, 2.45) is 0 Å². The van der Waals surface area contributed by atoms with Gasteiger partial charge in [-0.2, -0.15) is 0 Å². The number of amides is 1. The molecule has 21 heavy (non-hydrogen) atoms. The zero-order valence-corrected chi connectivity index (χ0v) is 12.2. The van der Waals surface area contributed by atoms with Gasteiger partial charge in [0, 0.05) is 26.2 Å². The van der Waals surface area contributed by atoms with Crippen molar-refractivity contribution in [1.82, 2.24) is 10.2 Å². The molecule has 1 aliphatic heterocycles. The monoisotopic (exact) mass is 294 g/mol. The molecule has 0 radical (unpaired) electrons. The summed E-state index contributed by atoms with van der Waals surface area (Å²) < 4.78 is 5.10. The summed E-state index contributed by atoms with van der Waals surface area (Å²) >= 11 is 0. The number of hydrogen-bond donors (Lipinski definition) is 3. The van der Waals surface area contributed by atoms with E-state index < -0.39 is 11.7 Å². The van der Waals surface area contributed by atoms with Gasteiger partial charge in [0.2, 0.25) is 0 Å². The van der Waals surface area contributed by atoms with Crippen molar-refractivity contribution >= 4 is 6.09 Å². The van der Waals surface area contributed by atoms with Gasteiger partial charge in [-0.15, -0.1) is 0 Å². The Kier molecular flexibility index (Phi) is 5.03. The normalized spacial score (nSPS) is 17.5. The molecule has 0 aromatic heterocycles. The fraction of sp³-hybridized carbons (Fsp3) is 0.533. The number of methoxy groups -OCH3 is 1. The van der Waals surface area contributed by atoms with Gasteiger partial charge in [0.25, 0.3) is 0 Å². The second-order valence-corrected chi connectivity index (χ2v) is 5.45. The third-order valence-electron chi connectivity index (χ3n) is 3.91. The first-order valence-corrected chi connectivity index (χ1v) is 7.06. The molecule has 1 aliphatic rings. The molecule has 0 atom stereocenters. The topological polar surface area (TPSA) is 82.0 Å². The van der Waals surface area contributed by atoms with Crippen LogP contribution in [0, 0.1) is 0 Å². The van der Waals surface area contributed by atoms with E-state index in [1.165, 1.54) is 4.90 Å². The van der Waals surface area contributed by atoms with Crippen LogP contribution in [0.4, 0.5) is 4.79 Å². The molecule has 6 heteroatoms. The maximum atomic E-state index is 10.8. The number of piperidine rings is 1. The fourth-order valence-electron chi connectivity index (χ4n) is 2.47. The summed E-state index contributed by atoms with van der Waals surface area (Å²) in [7, 11) is 1.63. The summed E-state index contributed by atoms with van der Waals surface area (Å²) in [6, 6.07) is 7.75. The Labute approximate surface area is 124 Å². The van der Waals surface area contributed by atoms with Crippen molar-refractivity contribution in [3.8, 4) is 5.75 Å². The second-order valence-electron chi connectivity index (χ2n) is 5.45. The van der Waals surface area contributed by atoms with Gasteiger partial charge in [0.1, 0.15) is 5.75 Å². The standard InChI is InChI=1S/C15H22N2O4/c1-21-13-4-2-12(3-5-13)10-16-11-15(20)6-8-17(9-7-15)14(18)19/h2-5,16,20H,6-11H2,1H3,(H,18,19). The van der Waals surface area contributed by atoms with E-state index in [1.807, 2.05) is 24.3 Å². The number of nitrogens with one attached hydrogen (secondary N) is 1. The number of nitrogens with zero attached hydrogens (tertiary/aromatic N) is 1. The molecule has 0 bridgehead atoms. The number of aliphatic hydroxyl groups is 1. The molecule has 0 saturated carbocycles. The fourth-order valence-corrected chi connectivity index (χ4v) is 2.47. The minimum absolute atomic E-state index is 0.385. The number of carbonyl (C=O) groups is 1. The maximum Gasteiger partial charge on any atom is 0.407 e. The van der Waals surface area contributed by atoms with Gasteiger partial charge < -0.3 is 25.2 Å². The van der Waals surface area contributed by atoms with Crippen LogP contribution in [0.15, 0.2) is 24.3 Å². The molecular formula is C15H22N2O4. The number of ether oxygens (including phenoxy) is 1. The molecule has 1 aromatic carbocycles. The Balaban J connectivity index is 1.76. The smallest absolute Gasteiger partial charge is 0.407 e. The zero-order chi connectivity index (χ0) is 15.3. The zero-order valence-electron chi connectivity index (χ0n) is 12.2. The van der Waals surface area contributed by atoms with Crippen LogP contribution in [-0.4, -0.2) is 53.6 Å². The van der Waals surface area contributed by atoms with Gasteiger partial charge in [-0.3, -0.25) is 0 Å². The SMILES string of the molecule is COc1ccc(CNCC2(O)CCN(C(=O)O)CC2)cc1. The largest absolute Gasteiger partial charge is 0.497 e. The second kappa shape index (κ2) is 6.78. The predicted molar refractivity (Wildman–Crippen MR) is 78.5 cm³/mol. The molecule has 1 heterocycles. The summed E-state index contributed by atoms with van der Waals surface area (Å²) in [6.07, 6.45) is 0.0207. The highest BCUT2D eigenvalue weighted by atomic mass is 16.5. The van der Waals surface area contributed by atoms with E-state index in [2.05, 4.69) is 5.32 Å². The van der Waals surface area contributed by atoms with Gasteiger partial charge in [-0.05, 0) is 30.5 Å². The summed E-state index contributed by atoms with van der Waals surface area (Å²) in [5, 5.41) is 22.6. The third kappa shape index (κ3) is 4.34. The molecule has 0 unspecified atom stereocenters. The van der Waals surface area contributed by atoms with Crippen LogP contribution in [-0.2, 0) is 6.54 Å². The van der Waals surface area contributed by atoms with Crippen LogP contribution in [0.1, 0.15) is 18.4 Å². The summed E-state index contributed by atoms with van der Waals surface area (Å²) in [5.74, 6) is 0.818. The third-order valence-corrected chi connectivity index (χ3v) is 3.91. The minimum atomic E-state index is -0.914. The number of hydrogen-bond acceptors (Lipinski definition) is 4. The lowest BCUT2D eigenvalue weighted by atomic mass is 9.91. The van der Waals surface area contributed by atoms with Crippen molar-refractivity contribution in [1.29, 1.82) is 0 Å². The highest BCUT2D eigenvalue weighted by Crippen LogP contribution is 2.21. The molecule has 1 fully saturated rings. The van der Waals surface area contributed by atoms with Crippen molar-refractivity contribution in [2.45, 2.75) is 25.0 Å². The van der Waals surface area contributed by atoms with Crippen LogP contribution in [0.5, 0.6) is 5.75 Å². The molecule has 1 aromatic rings. The first-order valence-electron chi connectivity index (χ1n) is 7.06. The molecule has 2 rings (SSSR count). The van der Waals surface area contributed by atoms with E-state index in [4.69, 9.17) is 9.84 Å². The lowest BCUT2D eigenvalue weighted by molar-refractivity contribution is -0.0157. The molecular weight excluding hydrogens is 272 g/mol. The van der Waals surface area contributed by atoms with E-state index in [-0.39, 0.29) is 0 Å². The quantitative estimate of drug-likeness (QED) is 0.762. The Morgan fingerprint density at radius 3 is 2.48 bits per heavy atom. The Morgan fingerprint density at radius 2 is 1.95 bits per heavy atom. The van der Waals surface area contributed by atoms with Crippen molar-refractivity contribution in [3.63, 3.8) is 0 Å². The van der Waals surface area contributed by atoms with Crippen molar-refractivity contribution in [2.75, 3.05) is 26.7 Å². The van der Waals surface area contributed by atoms with Crippen molar-refractivity contribution < 1.29 is 19.7 Å². The summed E-state index contributed by atoms with van der Waals surface area (Å²) in [5.41, 5.74) is 0.292. The Morgan fingerprint density at radius 1 is 1.33 bits per heavy atom. The number of likely N-dealkylation sites (tertiary alicyclic amines) is 1. The summed E-state index contributed by atoms with van der Waals surface area (Å²) in [6.45, 7) is 1.90. The van der Waals surface area contributed by atoms with Crippen LogP contribution in [0.2, 0.25) is 0 Å². The van der Waals surface area contributed by atoms with E-state index >= 15 is 0 Å². The highest BCUT2D eigenvalue weighted by molar-refractivity contribution is 5.65. The van der Waals surface area contributed by atoms with Gasteiger partial charge in [0.05, 0.1) is 12.7 Å². The average Bonchev–Trinajstić information content (AvgIpc) is 2.48. The average molecular weight is 294 g/mol. The van der Waals surface area contributed by atoms with E-state index in [9.17, 15) is 9.90 Å². The van der Waals surface area contributed by atoms with E-state index in [0.717, 1.165) is 11.3 Å². The first kappa shape index (κ1) is 15.6. The van der Waals surface area contributed by atoms with Gasteiger partial charge in [-0.1, -0.05) is 12.1 Å². The van der Waals surface area contributed by atoms with Crippen LogP contribution >= 0.6 is 0 Å². The van der Waals surface area contributed by atoms with Crippen LogP contribution in [0.3, 0.4) is 0 Å². The number of rotatable bonds is 5.